The third kappa shape index (κ3) is 2.99. The van der Waals surface area contributed by atoms with Crippen molar-refractivity contribution in [3.05, 3.63) is 28.3 Å². The van der Waals surface area contributed by atoms with E-state index >= 15 is 0 Å². The van der Waals surface area contributed by atoms with Crippen LogP contribution in [-0.4, -0.2) is 44.4 Å². The summed E-state index contributed by atoms with van der Waals surface area (Å²) in [6.07, 6.45) is 0.722. The fourth-order valence-electron chi connectivity index (χ4n) is 2.33. The number of nitro benzene ring substituents is 1. The Balaban J connectivity index is 2.35. The second kappa shape index (κ2) is 5.96. The van der Waals surface area contributed by atoms with Crippen LogP contribution in [0.3, 0.4) is 0 Å². The molecule has 0 aromatic heterocycles. The molecule has 0 bridgehead atoms. The monoisotopic (exact) mass is 315 g/mol. The summed E-state index contributed by atoms with van der Waals surface area (Å²) in [5.41, 5.74) is 5.29. The summed E-state index contributed by atoms with van der Waals surface area (Å²) in [6.45, 7) is 1.22. The Morgan fingerprint density at radius 1 is 1.52 bits per heavy atom. The molecular formula is C12H17N3O5S. The van der Waals surface area contributed by atoms with Crippen LogP contribution in [0.15, 0.2) is 23.1 Å². The third-order valence-electron chi connectivity index (χ3n) is 3.57. The second-order valence-electron chi connectivity index (χ2n) is 4.84. The minimum atomic E-state index is -3.68. The van der Waals surface area contributed by atoms with Crippen molar-refractivity contribution in [1.29, 1.82) is 0 Å². The van der Waals surface area contributed by atoms with E-state index in [-0.39, 0.29) is 22.3 Å². The molecule has 21 heavy (non-hydrogen) atoms. The van der Waals surface area contributed by atoms with Crippen molar-refractivity contribution in [2.45, 2.75) is 11.3 Å². The standard InChI is InChI=1S/C12H17N3O5S/c1-20-12-6-10(2-3-11(12)15(16)17)21(18,19)14-5-4-9(7-13)8-14/h2-3,6,9H,4-5,7-8,13H2,1H3. The topological polar surface area (TPSA) is 116 Å². The molecule has 1 atom stereocenters. The molecule has 2 rings (SSSR count). The van der Waals surface area contributed by atoms with E-state index in [1.54, 1.807) is 0 Å². The number of nitrogens with zero attached hydrogens (tertiary/aromatic N) is 2. The normalized spacial score (nSPS) is 19.6. The largest absolute Gasteiger partial charge is 0.490 e. The van der Waals surface area contributed by atoms with E-state index < -0.39 is 14.9 Å². The number of hydrogen-bond donors (Lipinski definition) is 1. The van der Waals surface area contributed by atoms with Gasteiger partial charge in [-0.1, -0.05) is 0 Å². The highest BCUT2D eigenvalue weighted by molar-refractivity contribution is 7.89. The predicted octanol–water partition coefficient (Wildman–Crippen LogP) is 0.573. The van der Waals surface area contributed by atoms with E-state index in [4.69, 9.17) is 10.5 Å². The molecule has 9 heteroatoms. The van der Waals surface area contributed by atoms with Gasteiger partial charge in [0.15, 0.2) is 5.75 Å². The van der Waals surface area contributed by atoms with Gasteiger partial charge in [-0.3, -0.25) is 10.1 Å². The lowest BCUT2D eigenvalue weighted by Crippen LogP contribution is -2.30. The first kappa shape index (κ1) is 15.7. The van der Waals surface area contributed by atoms with Gasteiger partial charge in [-0.2, -0.15) is 4.31 Å². The van der Waals surface area contributed by atoms with Gasteiger partial charge in [0.05, 0.1) is 16.9 Å². The quantitative estimate of drug-likeness (QED) is 0.627. The van der Waals surface area contributed by atoms with Gasteiger partial charge < -0.3 is 10.5 Å². The van der Waals surface area contributed by atoms with E-state index in [1.807, 2.05) is 0 Å². The van der Waals surface area contributed by atoms with E-state index in [2.05, 4.69) is 0 Å². The Bertz CT molecular complexity index is 646. The van der Waals surface area contributed by atoms with Gasteiger partial charge in [-0.15, -0.1) is 0 Å². The molecule has 0 saturated carbocycles. The van der Waals surface area contributed by atoms with Gasteiger partial charge in [0.25, 0.3) is 0 Å². The summed E-state index contributed by atoms with van der Waals surface area (Å²) in [6, 6.07) is 3.55. The van der Waals surface area contributed by atoms with Crippen LogP contribution in [0.25, 0.3) is 0 Å². The first-order chi connectivity index (χ1) is 9.90. The van der Waals surface area contributed by atoms with E-state index in [0.29, 0.717) is 19.6 Å². The Labute approximate surface area is 122 Å². The molecule has 1 heterocycles. The third-order valence-corrected chi connectivity index (χ3v) is 5.43. The van der Waals surface area contributed by atoms with Crippen LogP contribution in [0.5, 0.6) is 5.75 Å². The summed E-state index contributed by atoms with van der Waals surface area (Å²) in [4.78, 5) is 10.2. The molecule has 1 aliphatic heterocycles. The first-order valence-corrected chi connectivity index (χ1v) is 7.86. The van der Waals surface area contributed by atoms with E-state index in [1.165, 1.54) is 23.5 Å². The molecule has 1 saturated heterocycles. The average molecular weight is 315 g/mol. The highest BCUT2D eigenvalue weighted by atomic mass is 32.2. The number of hydrogen-bond acceptors (Lipinski definition) is 6. The summed E-state index contributed by atoms with van der Waals surface area (Å²) in [7, 11) is -2.42. The molecule has 1 aromatic rings. The highest BCUT2D eigenvalue weighted by Gasteiger charge is 2.33. The smallest absolute Gasteiger partial charge is 0.310 e. The van der Waals surface area contributed by atoms with Crippen molar-refractivity contribution in [2.24, 2.45) is 11.7 Å². The van der Waals surface area contributed by atoms with E-state index in [0.717, 1.165) is 12.5 Å². The molecule has 2 N–H and O–H groups in total. The van der Waals surface area contributed by atoms with Gasteiger partial charge in [-0.05, 0) is 24.9 Å². The first-order valence-electron chi connectivity index (χ1n) is 6.42. The van der Waals surface area contributed by atoms with Gasteiger partial charge in [0.1, 0.15) is 0 Å². The molecule has 0 amide bonds. The average Bonchev–Trinajstić information content (AvgIpc) is 2.96. The van der Waals surface area contributed by atoms with Crippen LogP contribution in [0.1, 0.15) is 6.42 Å². The fraction of sp³-hybridized carbons (Fsp3) is 0.500. The Morgan fingerprint density at radius 3 is 2.76 bits per heavy atom. The zero-order valence-corrected chi connectivity index (χ0v) is 12.4. The van der Waals surface area contributed by atoms with Gasteiger partial charge in [-0.25, -0.2) is 8.42 Å². The number of nitro groups is 1. The Kier molecular flexibility index (Phi) is 4.45. The summed E-state index contributed by atoms with van der Waals surface area (Å²) in [5, 5.41) is 10.8. The maximum atomic E-state index is 12.5. The zero-order chi connectivity index (χ0) is 15.6. The van der Waals surface area contributed by atoms with Crippen LogP contribution >= 0.6 is 0 Å². The number of methoxy groups -OCH3 is 1. The van der Waals surface area contributed by atoms with Crippen LogP contribution in [0.4, 0.5) is 5.69 Å². The zero-order valence-electron chi connectivity index (χ0n) is 11.6. The molecule has 116 valence electrons. The minimum absolute atomic E-state index is 0.0115. The van der Waals surface area contributed by atoms with Crippen LogP contribution in [-0.2, 0) is 10.0 Å². The maximum Gasteiger partial charge on any atom is 0.310 e. The van der Waals surface area contributed by atoms with Crippen LogP contribution in [0.2, 0.25) is 0 Å². The van der Waals surface area contributed by atoms with Crippen molar-refractivity contribution >= 4 is 15.7 Å². The Morgan fingerprint density at radius 2 is 2.24 bits per heavy atom. The highest BCUT2D eigenvalue weighted by Crippen LogP contribution is 2.31. The lowest BCUT2D eigenvalue weighted by Gasteiger charge is -2.16. The molecule has 8 nitrogen and oxygen atoms in total. The fourth-order valence-corrected chi connectivity index (χ4v) is 3.87. The lowest BCUT2D eigenvalue weighted by atomic mass is 10.1. The number of ether oxygens (including phenoxy) is 1. The molecule has 1 fully saturated rings. The van der Waals surface area contributed by atoms with Crippen molar-refractivity contribution < 1.29 is 18.1 Å². The van der Waals surface area contributed by atoms with Crippen molar-refractivity contribution in [1.82, 2.24) is 4.31 Å². The number of nitrogens with two attached hydrogens (primary N) is 1. The Hall–Kier alpha value is -1.71. The lowest BCUT2D eigenvalue weighted by molar-refractivity contribution is -0.385. The molecule has 0 aliphatic carbocycles. The number of benzene rings is 1. The summed E-state index contributed by atoms with van der Waals surface area (Å²) in [5.74, 6) is 0.0790. The predicted molar refractivity (Wildman–Crippen MR) is 75.6 cm³/mol. The van der Waals surface area contributed by atoms with Gasteiger partial charge in [0, 0.05) is 25.2 Å². The second-order valence-corrected chi connectivity index (χ2v) is 6.78. The van der Waals surface area contributed by atoms with Gasteiger partial charge >= 0.3 is 5.69 Å². The van der Waals surface area contributed by atoms with Crippen LogP contribution < -0.4 is 10.5 Å². The van der Waals surface area contributed by atoms with E-state index in [9.17, 15) is 18.5 Å². The molecule has 0 spiro atoms. The van der Waals surface area contributed by atoms with Gasteiger partial charge in [0.2, 0.25) is 10.0 Å². The van der Waals surface area contributed by atoms with Crippen molar-refractivity contribution in [2.75, 3.05) is 26.7 Å². The summed E-state index contributed by atoms with van der Waals surface area (Å²) >= 11 is 0. The molecule has 1 aliphatic rings. The van der Waals surface area contributed by atoms with Crippen molar-refractivity contribution in [3.63, 3.8) is 0 Å². The SMILES string of the molecule is COc1cc(S(=O)(=O)N2CCC(CN)C2)ccc1[N+](=O)[O-]. The van der Waals surface area contributed by atoms with Crippen molar-refractivity contribution in [3.8, 4) is 5.75 Å². The molecular weight excluding hydrogens is 298 g/mol. The molecule has 1 aromatic carbocycles. The molecule has 1 unspecified atom stereocenters. The van der Waals surface area contributed by atoms with Crippen LogP contribution in [0, 0.1) is 16.0 Å². The summed E-state index contributed by atoms with van der Waals surface area (Å²) < 4.78 is 31.3. The number of rotatable bonds is 5. The minimum Gasteiger partial charge on any atom is -0.490 e. The molecule has 0 radical (unpaired) electrons. The maximum absolute atomic E-state index is 12.5. The number of sulfonamides is 1.